The Bertz CT molecular complexity index is 581. The van der Waals surface area contributed by atoms with E-state index in [2.05, 4.69) is 5.10 Å². The molecule has 1 fully saturated rings. The van der Waals surface area contributed by atoms with E-state index in [1.807, 2.05) is 6.92 Å². The van der Waals surface area contributed by atoms with Crippen molar-refractivity contribution in [1.29, 1.82) is 0 Å². The second-order valence-corrected chi connectivity index (χ2v) is 5.00. The lowest BCUT2D eigenvalue weighted by Crippen LogP contribution is -2.53. The maximum atomic E-state index is 12.1. The minimum absolute atomic E-state index is 0.0247. The van der Waals surface area contributed by atoms with Gasteiger partial charge in [0.15, 0.2) is 0 Å². The van der Waals surface area contributed by atoms with Crippen LogP contribution in [0.3, 0.4) is 0 Å². The molecule has 8 nitrogen and oxygen atoms in total. The monoisotopic (exact) mass is 294 g/mol. The second kappa shape index (κ2) is 5.94. The average Bonchev–Trinajstić information content (AvgIpc) is 2.77. The van der Waals surface area contributed by atoms with Gasteiger partial charge in [0.05, 0.1) is 25.0 Å². The molecule has 1 aliphatic rings. The summed E-state index contributed by atoms with van der Waals surface area (Å²) in [6.45, 7) is 2.60. The van der Waals surface area contributed by atoms with Gasteiger partial charge in [-0.25, -0.2) is 4.79 Å². The van der Waals surface area contributed by atoms with Gasteiger partial charge < -0.3 is 14.9 Å². The highest BCUT2D eigenvalue weighted by Crippen LogP contribution is 2.14. The van der Waals surface area contributed by atoms with Crippen LogP contribution in [0.4, 0.5) is 0 Å². The van der Waals surface area contributed by atoms with Gasteiger partial charge in [0, 0.05) is 13.6 Å². The Labute approximate surface area is 121 Å². The van der Waals surface area contributed by atoms with Gasteiger partial charge in [0.2, 0.25) is 11.8 Å². The number of nitrogens with zero attached hydrogens (tertiary/aromatic N) is 4. The van der Waals surface area contributed by atoms with Gasteiger partial charge in [0.1, 0.15) is 12.1 Å². The van der Waals surface area contributed by atoms with E-state index in [1.165, 1.54) is 20.7 Å². The van der Waals surface area contributed by atoms with E-state index >= 15 is 0 Å². The molecule has 21 heavy (non-hydrogen) atoms. The highest BCUT2D eigenvalue weighted by atomic mass is 16.4. The molecule has 0 spiro atoms. The molecule has 1 aromatic rings. The van der Waals surface area contributed by atoms with Gasteiger partial charge in [0.25, 0.3) is 0 Å². The summed E-state index contributed by atoms with van der Waals surface area (Å²) in [4.78, 5) is 38.1. The molecule has 0 aromatic carbocycles. The Morgan fingerprint density at radius 2 is 1.90 bits per heavy atom. The van der Waals surface area contributed by atoms with Crippen LogP contribution >= 0.6 is 0 Å². The van der Waals surface area contributed by atoms with Crippen molar-refractivity contribution in [3.63, 3.8) is 0 Å². The van der Waals surface area contributed by atoms with Crippen LogP contribution in [0.1, 0.15) is 29.4 Å². The molecule has 1 N–H and O–H groups in total. The number of carbonyl (C=O) groups excluding carboxylic acids is 2. The summed E-state index contributed by atoms with van der Waals surface area (Å²) < 4.78 is 1.42. The van der Waals surface area contributed by atoms with Gasteiger partial charge in [-0.05, 0) is 6.42 Å². The van der Waals surface area contributed by atoms with Gasteiger partial charge >= 0.3 is 5.97 Å². The predicted octanol–water partition coefficient (Wildman–Crippen LogP) is -0.301. The fourth-order valence-electron chi connectivity index (χ4n) is 2.33. The molecule has 0 unspecified atom stereocenters. The Balaban J connectivity index is 2.14. The minimum Gasteiger partial charge on any atom is -0.478 e. The van der Waals surface area contributed by atoms with Crippen molar-refractivity contribution in [1.82, 2.24) is 19.6 Å². The molecular weight excluding hydrogens is 276 g/mol. The molecule has 114 valence electrons. The molecule has 2 heterocycles. The molecule has 0 atom stereocenters. The zero-order valence-electron chi connectivity index (χ0n) is 12.1. The number of hydrogen-bond donors (Lipinski definition) is 1. The molecule has 0 bridgehead atoms. The lowest BCUT2D eigenvalue weighted by atomic mass is 10.2. The molecule has 1 aromatic heterocycles. The van der Waals surface area contributed by atoms with E-state index in [1.54, 1.807) is 7.05 Å². The number of amides is 2. The Kier molecular flexibility index (Phi) is 4.25. The molecule has 1 saturated heterocycles. The lowest BCUT2D eigenvalue weighted by Gasteiger charge is -2.33. The number of aromatic nitrogens is 2. The maximum absolute atomic E-state index is 12.1. The summed E-state index contributed by atoms with van der Waals surface area (Å²) in [5, 5.41) is 13.0. The third-order valence-electron chi connectivity index (χ3n) is 3.48. The average molecular weight is 294 g/mol. The normalized spacial score (nSPS) is 15.7. The number of aromatic carboxylic acids is 1. The summed E-state index contributed by atoms with van der Waals surface area (Å²) in [5.41, 5.74) is 0.460. The second-order valence-electron chi connectivity index (χ2n) is 5.00. The summed E-state index contributed by atoms with van der Waals surface area (Å²) in [5.74, 6) is -1.39. The van der Waals surface area contributed by atoms with Crippen LogP contribution in [0, 0.1) is 0 Å². The first-order chi connectivity index (χ1) is 9.93. The third kappa shape index (κ3) is 3.04. The van der Waals surface area contributed by atoms with E-state index < -0.39 is 5.97 Å². The van der Waals surface area contributed by atoms with Gasteiger partial charge in [-0.2, -0.15) is 5.10 Å². The van der Waals surface area contributed by atoms with Crippen molar-refractivity contribution >= 4 is 17.8 Å². The van der Waals surface area contributed by atoms with Crippen LogP contribution in [0.25, 0.3) is 0 Å². The number of carboxylic acids is 1. The highest BCUT2D eigenvalue weighted by Gasteiger charge is 2.30. The fraction of sp³-hybridized carbons (Fsp3) is 0.538. The van der Waals surface area contributed by atoms with E-state index in [4.69, 9.17) is 5.11 Å². The van der Waals surface area contributed by atoms with Crippen molar-refractivity contribution in [3.8, 4) is 0 Å². The molecule has 0 saturated carbocycles. The molecule has 8 heteroatoms. The van der Waals surface area contributed by atoms with Crippen molar-refractivity contribution in [3.05, 3.63) is 17.5 Å². The van der Waals surface area contributed by atoms with Crippen LogP contribution in [0.2, 0.25) is 0 Å². The Hall–Kier alpha value is -2.38. The van der Waals surface area contributed by atoms with Crippen LogP contribution in [-0.2, 0) is 23.2 Å². The zero-order chi connectivity index (χ0) is 15.6. The molecular formula is C13H18N4O4. The van der Waals surface area contributed by atoms with Gasteiger partial charge in [-0.3, -0.25) is 14.3 Å². The molecule has 1 aliphatic heterocycles. The Morgan fingerprint density at radius 1 is 1.29 bits per heavy atom. The van der Waals surface area contributed by atoms with Gasteiger partial charge in [-0.1, -0.05) is 6.92 Å². The summed E-state index contributed by atoms with van der Waals surface area (Å²) in [7, 11) is 1.61. The number of carbonyl (C=O) groups is 3. The van der Waals surface area contributed by atoms with Crippen molar-refractivity contribution in [2.75, 3.05) is 19.6 Å². The van der Waals surface area contributed by atoms with Crippen LogP contribution in [-0.4, -0.2) is 62.1 Å². The lowest BCUT2D eigenvalue weighted by molar-refractivity contribution is -0.150. The zero-order valence-corrected chi connectivity index (χ0v) is 12.1. The van der Waals surface area contributed by atoms with Crippen LogP contribution in [0.5, 0.6) is 0 Å². The molecule has 2 rings (SSSR count). The SMILES string of the molecule is CCCN1CC(=O)N(Cc2c(C(=O)O)cnn2C)CC1=O. The quantitative estimate of drug-likeness (QED) is 0.804. The topological polar surface area (TPSA) is 95.7 Å². The van der Waals surface area contributed by atoms with E-state index in [0.717, 1.165) is 6.42 Å². The van der Waals surface area contributed by atoms with Gasteiger partial charge in [-0.15, -0.1) is 0 Å². The largest absolute Gasteiger partial charge is 0.478 e. The van der Waals surface area contributed by atoms with Crippen molar-refractivity contribution < 1.29 is 19.5 Å². The first-order valence-corrected chi connectivity index (χ1v) is 6.73. The number of carboxylic acid groups (broad SMARTS) is 1. The van der Waals surface area contributed by atoms with E-state index in [-0.39, 0.29) is 37.0 Å². The highest BCUT2D eigenvalue weighted by molar-refractivity contribution is 5.93. The third-order valence-corrected chi connectivity index (χ3v) is 3.48. The predicted molar refractivity (Wildman–Crippen MR) is 72.5 cm³/mol. The molecule has 0 aliphatic carbocycles. The first-order valence-electron chi connectivity index (χ1n) is 6.73. The van der Waals surface area contributed by atoms with Crippen LogP contribution < -0.4 is 0 Å². The fourth-order valence-corrected chi connectivity index (χ4v) is 2.33. The Morgan fingerprint density at radius 3 is 2.52 bits per heavy atom. The van der Waals surface area contributed by atoms with Crippen molar-refractivity contribution in [2.45, 2.75) is 19.9 Å². The van der Waals surface area contributed by atoms with E-state index in [9.17, 15) is 14.4 Å². The van der Waals surface area contributed by atoms with Crippen LogP contribution in [0.15, 0.2) is 6.20 Å². The standard InChI is InChI=1S/C13H18N4O4/c1-3-4-16-7-12(19)17(8-11(16)18)6-10-9(13(20)21)5-14-15(10)2/h5H,3-4,6-8H2,1-2H3,(H,20,21). The first kappa shape index (κ1) is 15.0. The minimum atomic E-state index is -1.10. The number of piperazine rings is 1. The molecule has 0 radical (unpaired) electrons. The van der Waals surface area contributed by atoms with Crippen molar-refractivity contribution in [2.24, 2.45) is 7.05 Å². The maximum Gasteiger partial charge on any atom is 0.339 e. The smallest absolute Gasteiger partial charge is 0.339 e. The summed E-state index contributed by atoms with van der Waals surface area (Å²) in [6, 6.07) is 0. The number of rotatable bonds is 5. The number of hydrogen-bond acceptors (Lipinski definition) is 4. The van der Waals surface area contributed by atoms with E-state index in [0.29, 0.717) is 12.2 Å². The summed E-state index contributed by atoms with van der Waals surface area (Å²) in [6.07, 6.45) is 2.04. The number of aryl methyl sites for hydroxylation is 1. The summed E-state index contributed by atoms with van der Waals surface area (Å²) >= 11 is 0. The molecule has 2 amide bonds.